The number of hydrogen-bond donors (Lipinski definition) is 2. The molecule has 0 aliphatic carbocycles. The van der Waals surface area contributed by atoms with Crippen molar-refractivity contribution in [1.82, 2.24) is 5.32 Å². The van der Waals surface area contributed by atoms with Gasteiger partial charge in [-0.15, -0.1) is 0 Å². The van der Waals surface area contributed by atoms with Gasteiger partial charge >= 0.3 is 0 Å². The summed E-state index contributed by atoms with van der Waals surface area (Å²) >= 11 is 5.81. The first-order valence-electron chi connectivity index (χ1n) is 6.74. The Balaban J connectivity index is 2.66. The van der Waals surface area contributed by atoms with Crippen molar-refractivity contribution >= 4 is 17.5 Å². The maximum absolute atomic E-state index is 12.3. The average Bonchev–Trinajstić information content (AvgIpc) is 2.41. The van der Waals surface area contributed by atoms with Crippen molar-refractivity contribution < 1.29 is 19.4 Å². The summed E-state index contributed by atoms with van der Waals surface area (Å²) in [6.07, 6.45) is 0.427. The molecule has 0 aromatic heterocycles. The summed E-state index contributed by atoms with van der Waals surface area (Å²) in [7, 11) is 1.55. The molecule has 0 saturated heterocycles. The van der Waals surface area contributed by atoms with Crippen molar-refractivity contribution in [3.63, 3.8) is 0 Å². The normalized spacial score (nSPS) is 12.8. The summed E-state index contributed by atoms with van der Waals surface area (Å²) in [6, 6.07) is 6.56. The number of carbonyl (C=O) groups is 1. The first kappa shape index (κ1) is 17.8. The summed E-state index contributed by atoms with van der Waals surface area (Å²) in [5.41, 5.74) is -1.05. The molecule has 0 heterocycles. The van der Waals surface area contributed by atoms with Crippen molar-refractivity contribution in [3.05, 3.63) is 29.3 Å². The number of amides is 1. The lowest BCUT2D eigenvalue weighted by Gasteiger charge is -2.28. The maximum Gasteiger partial charge on any atom is 0.263 e. The Labute approximate surface area is 130 Å². The van der Waals surface area contributed by atoms with Crippen LogP contribution in [0, 0.1) is 0 Å². The van der Waals surface area contributed by atoms with Crippen molar-refractivity contribution in [3.8, 4) is 5.75 Å². The lowest BCUT2D eigenvalue weighted by atomic mass is 10.1. The number of hydrogen-bond acceptors (Lipinski definition) is 4. The van der Waals surface area contributed by atoms with Crippen LogP contribution in [0.1, 0.15) is 20.3 Å². The molecule has 1 aromatic carbocycles. The van der Waals surface area contributed by atoms with Gasteiger partial charge in [0.05, 0.1) is 12.6 Å². The molecule has 0 radical (unpaired) electrons. The van der Waals surface area contributed by atoms with E-state index in [1.165, 1.54) is 0 Å². The van der Waals surface area contributed by atoms with E-state index in [1.54, 1.807) is 45.2 Å². The zero-order chi connectivity index (χ0) is 15.9. The van der Waals surface area contributed by atoms with Gasteiger partial charge in [-0.25, -0.2) is 0 Å². The number of methoxy groups -OCH3 is 1. The maximum atomic E-state index is 12.3. The third-order valence-electron chi connectivity index (χ3n) is 2.91. The largest absolute Gasteiger partial charge is 0.478 e. The Morgan fingerprint density at radius 1 is 1.38 bits per heavy atom. The second-order valence-electron chi connectivity index (χ2n) is 5.20. The number of rotatable bonds is 8. The Morgan fingerprint density at radius 3 is 2.52 bits per heavy atom. The van der Waals surface area contributed by atoms with Gasteiger partial charge < -0.3 is 19.9 Å². The van der Waals surface area contributed by atoms with Gasteiger partial charge in [-0.05, 0) is 44.5 Å². The summed E-state index contributed by atoms with van der Waals surface area (Å²) in [4.78, 5) is 12.3. The minimum Gasteiger partial charge on any atom is -0.478 e. The predicted octanol–water partition coefficient (Wildman–Crippen LogP) is 2.01. The molecule has 118 valence electrons. The molecule has 0 fully saturated rings. The van der Waals surface area contributed by atoms with Crippen LogP contribution in [0.25, 0.3) is 0 Å². The van der Waals surface area contributed by atoms with Gasteiger partial charge in [-0.3, -0.25) is 4.79 Å². The summed E-state index contributed by atoms with van der Waals surface area (Å²) in [6.45, 7) is 3.68. The van der Waals surface area contributed by atoms with Gasteiger partial charge in [0.25, 0.3) is 5.91 Å². The van der Waals surface area contributed by atoms with Crippen LogP contribution in [0.3, 0.4) is 0 Å². The second kappa shape index (κ2) is 8.22. The summed E-state index contributed by atoms with van der Waals surface area (Å²) in [5, 5.41) is 12.4. The van der Waals surface area contributed by atoms with E-state index in [1.807, 2.05) is 0 Å². The van der Waals surface area contributed by atoms with Crippen molar-refractivity contribution in [2.75, 3.05) is 20.3 Å². The van der Waals surface area contributed by atoms with E-state index >= 15 is 0 Å². The highest BCUT2D eigenvalue weighted by molar-refractivity contribution is 6.30. The van der Waals surface area contributed by atoms with E-state index in [2.05, 4.69) is 5.32 Å². The molecule has 21 heavy (non-hydrogen) atoms. The molecule has 0 aliphatic rings. The zero-order valence-electron chi connectivity index (χ0n) is 12.6. The van der Waals surface area contributed by atoms with Gasteiger partial charge in [0.15, 0.2) is 5.60 Å². The molecule has 5 nitrogen and oxygen atoms in total. The SMILES string of the molecule is COCC(CCO)NC(=O)C(C)(C)Oc1ccc(Cl)cc1. The monoisotopic (exact) mass is 315 g/mol. The number of carbonyl (C=O) groups excluding carboxylic acids is 1. The highest BCUT2D eigenvalue weighted by atomic mass is 35.5. The smallest absolute Gasteiger partial charge is 0.263 e. The number of benzene rings is 1. The Bertz CT molecular complexity index is 441. The Kier molecular flexibility index (Phi) is 6.95. The minimum atomic E-state index is -1.05. The van der Waals surface area contributed by atoms with Gasteiger partial charge in [0.1, 0.15) is 5.75 Å². The van der Waals surface area contributed by atoms with Gasteiger partial charge in [-0.1, -0.05) is 11.6 Å². The number of aliphatic hydroxyl groups is 1. The number of ether oxygens (including phenoxy) is 2. The Hall–Kier alpha value is -1.30. The third kappa shape index (κ3) is 5.91. The van der Waals surface area contributed by atoms with E-state index in [-0.39, 0.29) is 18.6 Å². The molecular formula is C15H22ClNO4. The summed E-state index contributed by atoms with van der Waals surface area (Å²) < 4.78 is 10.7. The molecule has 0 aliphatic heterocycles. The molecule has 0 spiro atoms. The molecular weight excluding hydrogens is 294 g/mol. The number of aliphatic hydroxyl groups excluding tert-OH is 1. The molecule has 1 rings (SSSR count). The topological polar surface area (TPSA) is 67.8 Å². The number of nitrogens with one attached hydrogen (secondary N) is 1. The van der Waals surface area contributed by atoms with Gasteiger partial charge in [0.2, 0.25) is 0 Å². The standard InChI is InChI=1S/C15H22ClNO4/c1-15(2,21-13-6-4-11(16)5-7-13)14(19)17-12(8-9-18)10-20-3/h4-7,12,18H,8-10H2,1-3H3,(H,17,19). The molecule has 1 aromatic rings. The fourth-order valence-electron chi connectivity index (χ4n) is 1.76. The van der Waals surface area contributed by atoms with Crippen molar-refractivity contribution in [2.45, 2.75) is 31.9 Å². The van der Waals surface area contributed by atoms with Crippen molar-refractivity contribution in [2.24, 2.45) is 0 Å². The molecule has 0 bridgehead atoms. The van der Waals surface area contributed by atoms with Crippen LogP contribution in [-0.2, 0) is 9.53 Å². The summed E-state index contributed by atoms with van der Waals surface area (Å²) in [5.74, 6) is 0.290. The van der Waals surface area contributed by atoms with Crippen LogP contribution in [0.15, 0.2) is 24.3 Å². The van der Waals surface area contributed by atoms with E-state index in [0.29, 0.717) is 23.8 Å². The first-order valence-corrected chi connectivity index (χ1v) is 7.12. The second-order valence-corrected chi connectivity index (χ2v) is 5.64. The van der Waals surface area contributed by atoms with E-state index < -0.39 is 5.60 Å². The van der Waals surface area contributed by atoms with Gasteiger partial charge in [0, 0.05) is 18.7 Å². The van der Waals surface area contributed by atoms with Gasteiger partial charge in [-0.2, -0.15) is 0 Å². The fourth-order valence-corrected chi connectivity index (χ4v) is 1.88. The molecule has 1 unspecified atom stereocenters. The Morgan fingerprint density at radius 2 is 2.00 bits per heavy atom. The highest BCUT2D eigenvalue weighted by Gasteiger charge is 2.31. The molecule has 1 amide bonds. The predicted molar refractivity (Wildman–Crippen MR) is 81.7 cm³/mol. The van der Waals surface area contributed by atoms with Crippen LogP contribution < -0.4 is 10.1 Å². The quantitative estimate of drug-likeness (QED) is 0.770. The molecule has 6 heteroatoms. The van der Waals surface area contributed by atoms with E-state index in [4.69, 9.17) is 26.2 Å². The molecule has 0 saturated carbocycles. The molecule has 1 atom stereocenters. The highest BCUT2D eigenvalue weighted by Crippen LogP contribution is 2.21. The average molecular weight is 316 g/mol. The lowest BCUT2D eigenvalue weighted by Crippen LogP contribution is -2.51. The van der Waals surface area contributed by atoms with Crippen molar-refractivity contribution in [1.29, 1.82) is 0 Å². The van der Waals surface area contributed by atoms with Crippen LogP contribution in [0.5, 0.6) is 5.75 Å². The minimum absolute atomic E-state index is 0.0211. The lowest BCUT2D eigenvalue weighted by molar-refractivity contribution is -0.135. The number of halogens is 1. The zero-order valence-corrected chi connectivity index (χ0v) is 13.3. The van der Waals surface area contributed by atoms with Crippen LogP contribution in [0.4, 0.5) is 0 Å². The van der Waals surface area contributed by atoms with Crippen LogP contribution >= 0.6 is 11.6 Å². The van der Waals surface area contributed by atoms with Crippen LogP contribution in [0.2, 0.25) is 5.02 Å². The molecule has 2 N–H and O–H groups in total. The first-order chi connectivity index (χ1) is 9.89. The van der Waals surface area contributed by atoms with Crippen LogP contribution in [-0.4, -0.2) is 43.0 Å². The third-order valence-corrected chi connectivity index (χ3v) is 3.17. The van der Waals surface area contributed by atoms with E-state index in [0.717, 1.165) is 0 Å². The fraction of sp³-hybridized carbons (Fsp3) is 0.533. The van der Waals surface area contributed by atoms with E-state index in [9.17, 15) is 4.79 Å².